The van der Waals surface area contributed by atoms with E-state index in [9.17, 15) is 8.78 Å². The van der Waals surface area contributed by atoms with Crippen molar-refractivity contribution in [2.24, 2.45) is 5.73 Å². The van der Waals surface area contributed by atoms with Gasteiger partial charge in [-0.2, -0.15) is 0 Å². The fourth-order valence-electron chi connectivity index (χ4n) is 2.11. The molecular formula is C12H16F2N2. The van der Waals surface area contributed by atoms with E-state index in [0.29, 0.717) is 17.8 Å². The topological polar surface area (TPSA) is 29.3 Å². The lowest BCUT2D eigenvalue weighted by molar-refractivity contribution is 0.495. The zero-order valence-corrected chi connectivity index (χ0v) is 9.34. The van der Waals surface area contributed by atoms with Gasteiger partial charge in [0.25, 0.3) is 0 Å². The normalized spacial score (nSPS) is 21.2. The molecule has 2 N–H and O–H groups in total. The predicted octanol–water partition coefficient (Wildman–Crippen LogP) is 2.20. The number of halogens is 2. The molecule has 1 aliphatic heterocycles. The lowest BCUT2D eigenvalue weighted by Gasteiger charge is -2.32. The minimum Gasteiger partial charge on any atom is -0.368 e. The van der Waals surface area contributed by atoms with Crippen LogP contribution in [0.25, 0.3) is 0 Å². The molecule has 88 valence electrons. The van der Waals surface area contributed by atoms with Crippen molar-refractivity contribution in [1.82, 2.24) is 0 Å². The van der Waals surface area contributed by atoms with Gasteiger partial charge in [0.15, 0.2) is 0 Å². The smallest absolute Gasteiger partial charge is 0.146 e. The Morgan fingerprint density at radius 3 is 2.75 bits per heavy atom. The van der Waals surface area contributed by atoms with Crippen LogP contribution in [0, 0.1) is 18.6 Å². The highest BCUT2D eigenvalue weighted by Gasteiger charge is 2.20. The second kappa shape index (κ2) is 4.37. The standard InChI is InChI=1S/C12H16F2N2/c1-8-5-11(14)12(6-10(8)13)16-4-2-3-9(15)7-16/h5-6,9H,2-4,7,15H2,1H3. The molecule has 1 fully saturated rings. The minimum atomic E-state index is -0.368. The summed E-state index contributed by atoms with van der Waals surface area (Å²) in [6.07, 6.45) is 1.88. The fraction of sp³-hybridized carbons (Fsp3) is 0.500. The van der Waals surface area contributed by atoms with Crippen molar-refractivity contribution in [3.8, 4) is 0 Å². The molecule has 0 bridgehead atoms. The average Bonchev–Trinajstić information content (AvgIpc) is 2.23. The SMILES string of the molecule is Cc1cc(F)c(N2CCCC(N)C2)cc1F. The molecule has 1 aliphatic rings. The van der Waals surface area contributed by atoms with Gasteiger partial charge in [0.2, 0.25) is 0 Å². The van der Waals surface area contributed by atoms with Gasteiger partial charge in [-0.1, -0.05) is 0 Å². The Hall–Kier alpha value is -1.16. The van der Waals surface area contributed by atoms with E-state index in [1.165, 1.54) is 12.1 Å². The number of rotatable bonds is 1. The fourth-order valence-corrected chi connectivity index (χ4v) is 2.11. The summed E-state index contributed by atoms with van der Waals surface area (Å²) in [6.45, 7) is 2.90. The second-order valence-electron chi connectivity index (χ2n) is 4.40. The molecule has 2 nitrogen and oxygen atoms in total. The molecule has 4 heteroatoms. The Morgan fingerprint density at radius 2 is 2.06 bits per heavy atom. The molecule has 0 aromatic heterocycles. The quantitative estimate of drug-likeness (QED) is 0.795. The van der Waals surface area contributed by atoms with Crippen molar-refractivity contribution < 1.29 is 8.78 Å². The van der Waals surface area contributed by atoms with E-state index in [-0.39, 0.29) is 17.7 Å². The average molecular weight is 226 g/mol. The summed E-state index contributed by atoms with van der Waals surface area (Å²) in [5.74, 6) is -0.733. The number of nitrogens with two attached hydrogens (primary N) is 1. The molecule has 1 heterocycles. The van der Waals surface area contributed by atoms with Crippen LogP contribution in [0.2, 0.25) is 0 Å². The third kappa shape index (κ3) is 2.16. The summed E-state index contributed by atoms with van der Waals surface area (Å²) in [6, 6.07) is 2.56. The van der Waals surface area contributed by atoms with Gasteiger partial charge in [-0.05, 0) is 31.4 Å². The van der Waals surface area contributed by atoms with Crippen LogP contribution >= 0.6 is 0 Å². The number of benzene rings is 1. The summed E-state index contributed by atoms with van der Waals surface area (Å²) < 4.78 is 27.1. The van der Waals surface area contributed by atoms with E-state index >= 15 is 0 Å². The van der Waals surface area contributed by atoms with Gasteiger partial charge in [0.05, 0.1) is 5.69 Å². The Bertz CT molecular complexity index is 393. The summed E-state index contributed by atoms with van der Waals surface area (Å²) >= 11 is 0. The molecule has 0 spiro atoms. The molecule has 16 heavy (non-hydrogen) atoms. The van der Waals surface area contributed by atoms with E-state index in [4.69, 9.17) is 5.73 Å². The molecule has 1 saturated heterocycles. The highest BCUT2D eigenvalue weighted by molar-refractivity contribution is 5.50. The van der Waals surface area contributed by atoms with Crippen LogP contribution in [0.1, 0.15) is 18.4 Å². The van der Waals surface area contributed by atoms with Crippen LogP contribution in [-0.2, 0) is 0 Å². The number of piperidine rings is 1. The molecule has 1 atom stereocenters. The van der Waals surface area contributed by atoms with Crippen molar-refractivity contribution in [3.63, 3.8) is 0 Å². The molecular weight excluding hydrogens is 210 g/mol. The number of nitrogens with zero attached hydrogens (tertiary/aromatic N) is 1. The molecule has 1 aromatic rings. The van der Waals surface area contributed by atoms with Gasteiger partial charge in [-0.15, -0.1) is 0 Å². The largest absolute Gasteiger partial charge is 0.368 e. The van der Waals surface area contributed by atoms with E-state index in [1.807, 2.05) is 4.90 Å². The summed E-state index contributed by atoms with van der Waals surface area (Å²) in [7, 11) is 0. The van der Waals surface area contributed by atoms with E-state index in [0.717, 1.165) is 19.4 Å². The summed E-state index contributed by atoms with van der Waals surface area (Å²) in [5.41, 5.74) is 6.49. The first-order valence-electron chi connectivity index (χ1n) is 5.54. The number of anilines is 1. The van der Waals surface area contributed by atoms with Gasteiger partial charge >= 0.3 is 0 Å². The molecule has 0 aliphatic carbocycles. The monoisotopic (exact) mass is 226 g/mol. The Morgan fingerprint density at radius 1 is 1.31 bits per heavy atom. The molecule has 2 rings (SSSR count). The lowest BCUT2D eigenvalue weighted by Crippen LogP contribution is -2.43. The van der Waals surface area contributed by atoms with Crippen LogP contribution in [0.3, 0.4) is 0 Å². The molecule has 1 aromatic carbocycles. The van der Waals surface area contributed by atoms with Crippen LogP contribution in [-0.4, -0.2) is 19.1 Å². The van der Waals surface area contributed by atoms with Crippen LogP contribution < -0.4 is 10.6 Å². The third-order valence-electron chi connectivity index (χ3n) is 3.03. The Kier molecular flexibility index (Phi) is 3.10. The third-order valence-corrected chi connectivity index (χ3v) is 3.03. The zero-order valence-electron chi connectivity index (χ0n) is 9.34. The maximum absolute atomic E-state index is 13.7. The van der Waals surface area contributed by atoms with Crippen LogP contribution in [0.5, 0.6) is 0 Å². The Balaban J connectivity index is 2.29. The molecule has 1 unspecified atom stereocenters. The second-order valence-corrected chi connectivity index (χ2v) is 4.40. The van der Waals surface area contributed by atoms with E-state index in [2.05, 4.69) is 0 Å². The van der Waals surface area contributed by atoms with E-state index < -0.39 is 0 Å². The molecule has 0 saturated carbocycles. The first-order chi connectivity index (χ1) is 7.58. The van der Waals surface area contributed by atoms with Gasteiger partial charge in [-0.3, -0.25) is 0 Å². The zero-order chi connectivity index (χ0) is 11.7. The van der Waals surface area contributed by atoms with Crippen molar-refractivity contribution in [2.75, 3.05) is 18.0 Å². The first-order valence-corrected chi connectivity index (χ1v) is 5.54. The van der Waals surface area contributed by atoms with Gasteiger partial charge in [0.1, 0.15) is 11.6 Å². The maximum atomic E-state index is 13.7. The molecule has 0 amide bonds. The number of aryl methyl sites for hydroxylation is 1. The minimum absolute atomic E-state index is 0.0533. The summed E-state index contributed by atoms with van der Waals surface area (Å²) in [4.78, 5) is 1.83. The van der Waals surface area contributed by atoms with E-state index in [1.54, 1.807) is 6.92 Å². The predicted molar refractivity (Wildman–Crippen MR) is 60.5 cm³/mol. The Labute approximate surface area is 94.0 Å². The van der Waals surface area contributed by atoms with Crippen LogP contribution in [0.4, 0.5) is 14.5 Å². The highest BCUT2D eigenvalue weighted by atomic mass is 19.1. The summed E-state index contributed by atoms with van der Waals surface area (Å²) in [5, 5.41) is 0. The van der Waals surface area contributed by atoms with Gasteiger partial charge in [0, 0.05) is 25.2 Å². The number of hydrogen-bond acceptors (Lipinski definition) is 2. The van der Waals surface area contributed by atoms with Gasteiger partial charge in [-0.25, -0.2) is 8.78 Å². The van der Waals surface area contributed by atoms with Crippen LogP contribution in [0.15, 0.2) is 12.1 Å². The molecule has 0 radical (unpaired) electrons. The first kappa shape index (κ1) is 11.3. The van der Waals surface area contributed by atoms with Gasteiger partial charge < -0.3 is 10.6 Å². The van der Waals surface area contributed by atoms with Crippen molar-refractivity contribution in [2.45, 2.75) is 25.8 Å². The maximum Gasteiger partial charge on any atom is 0.146 e. The van der Waals surface area contributed by atoms with Crippen molar-refractivity contribution in [1.29, 1.82) is 0 Å². The van der Waals surface area contributed by atoms with Crippen molar-refractivity contribution >= 4 is 5.69 Å². The lowest BCUT2D eigenvalue weighted by atomic mass is 10.1. The van der Waals surface area contributed by atoms with Crippen molar-refractivity contribution in [3.05, 3.63) is 29.3 Å². The number of hydrogen-bond donors (Lipinski definition) is 1. The highest BCUT2D eigenvalue weighted by Crippen LogP contribution is 2.25.